The van der Waals surface area contributed by atoms with Crippen molar-refractivity contribution in [2.24, 2.45) is 5.73 Å². The van der Waals surface area contributed by atoms with Gasteiger partial charge in [-0.1, -0.05) is 47.6 Å². The summed E-state index contributed by atoms with van der Waals surface area (Å²) in [6.45, 7) is 0. The van der Waals surface area contributed by atoms with E-state index in [9.17, 15) is 0 Å². The maximum absolute atomic E-state index is 6.15. The third-order valence-electron chi connectivity index (χ3n) is 3.21. The molecule has 0 radical (unpaired) electrons. The molecule has 5 nitrogen and oxygen atoms in total. The molecule has 0 aliphatic carbocycles. The Balaban J connectivity index is 1.93. The lowest BCUT2D eigenvalue weighted by Gasteiger charge is -2.06. The number of hydrogen-bond acceptors (Lipinski definition) is 5. The first kappa shape index (κ1) is 13.3. The minimum Gasteiger partial charge on any atom is -0.496 e. The van der Waals surface area contributed by atoms with Gasteiger partial charge in [0.25, 0.3) is 0 Å². The second-order valence-electron chi connectivity index (χ2n) is 4.54. The number of hydrogen-bond donors (Lipinski definition) is 1. The number of nitrogens with zero attached hydrogens (tertiary/aromatic N) is 2. The van der Waals surface area contributed by atoms with Crippen molar-refractivity contribution in [2.75, 3.05) is 7.11 Å². The summed E-state index contributed by atoms with van der Waals surface area (Å²) in [6, 6.07) is 16.7. The fourth-order valence-corrected chi connectivity index (χ4v) is 2.10. The van der Waals surface area contributed by atoms with Crippen molar-refractivity contribution >= 4 is 0 Å². The van der Waals surface area contributed by atoms with E-state index >= 15 is 0 Å². The fourth-order valence-electron chi connectivity index (χ4n) is 2.10. The molecule has 0 saturated heterocycles. The van der Waals surface area contributed by atoms with Crippen molar-refractivity contribution in [1.82, 2.24) is 10.1 Å². The summed E-state index contributed by atoms with van der Waals surface area (Å²) in [6.07, 6.45) is 0. The number of aromatic nitrogens is 2. The summed E-state index contributed by atoms with van der Waals surface area (Å²) in [5.74, 6) is 1.54. The largest absolute Gasteiger partial charge is 0.496 e. The number of nitrogens with two attached hydrogens (primary N) is 1. The molecule has 2 N–H and O–H groups in total. The Kier molecular flexibility index (Phi) is 3.66. The Morgan fingerprint density at radius 3 is 2.52 bits per heavy atom. The second-order valence-corrected chi connectivity index (χ2v) is 4.54. The van der Waals surface area contributed by atoms with Gasteiger partial charge in [-0.15, -0.1) is 0 Å². The van der Waals surface area contributed by atoms with Gasteiger partial charge in [0.15, 0.2) is 0 Å². The summed E-state index contributed by atoms with van der Waals surface area (Å²) < 4.78 is 10.6. The van der Waals surface area contributed by atoms with Crippen molar-refractivity contribution in [1.29, 1.82) is 0 Å². The SMILES string of the molecule is COc1ccccc1-c1noc([C@H](N)c2ccccc2)n1. The van der Waals surface area contributed by atoms with Crippen molar-refractivity contribution in [3.8, 4) is 17.1 Å². The van der Waals surface area contributed by atoms with Gasteiger partial charge in [0.1, 0.15) is 11.8 Å². The average molecular weight is 281 g/mol. The molecule has 1 atom stereocenters. The molecular formula is C16H15N3O2. The third-order valence-corrected chi connectivity index (χ3v) is 3.21. The monoisotopic (exact) mass is 281 g/mol. The highest BCUT2D eigenvalue weighted by Crippen LogP contribution is 2.28. The second kappa shape index (κ2) is 5.76. The third kappa shape index (κ3) is 2.64. The fraction of sp³-hybridized carbons (Fsp3) is 0.125. The van der Waals surface area contributed by atoms with Gasteiger partial charge in [0, 0.05) is 0 Å². The Labute approximate surface area is 122 Å². The lowest BCUT2D eigenvalue weighted by molar-refractivity contribution is 0.367. The highest BCUT2D eigenvalue weighted by Gasteiger charge is 2.18. The molecule has 0 aliphatic heterocycles. The molecule has 3 rings (SSSR count). The molecule has 2 aromatic carbocycles. The zero-order chi connectivity index (χ0) is 14.7. The first-order chi connectivity index (χ1) is 10.3. The molecule has 5 heteroatoms. The number of methoxy groups -OCH3 is 1. The van der Waals surface area contributed by atoms with Crippen LogP contribution in [0.1, 0.15) is 17.5 Å². The van der Waals surface area contributed by atoms with E-state index in [1.54, 1.807) is 7.11 Å². The number of rotatable bonds is 4. The molecular weight excluding hydrogens is 266 g/mol. The van der Waals surface area contributed by atoms with E-state index in [1.165, 1.54) is 0 Å². The Morgan fingerprint density at radius 1 is 1.05 bits per heavy atom. The molecule has 0 saturated carbocycles. The van der Waals surface area contributed by atoms with E-state index in [1.807, 2.05) is 54.6 Å². The molecule has 0 fully saturated rings. The van der Waals surface area contributed by atoms with Crippen LogP contribution < -0.4 is 10.5 Å². The minimum atomic E-state index is -0.442. The van der Waals surface area contributed by atoms with E-state index < -0.39 is 6.04 Å². The number of ether oxygens (including phenoxy) is 1. The summed E-state index contributed by atoms with van der Waals surface area (Å²) in [5, 5.41) is 4.00. The van der Waals surface area contributed by atoms with Crippen LogP contribution >= 0.6 is 0 Å². The van der Waals surface area contributed by atoms with Crippen LogP contribution in [-0.4, -0.2) is 17.3 Å². The van der Waals surface area contributed by atoms with Gasteiger partial charge in [0.2, 0.25) is 11.7 Å². The van der Waals surface area contributed by atoms with Gasteiger partial charge in [0.05, 0.1) is 12.7 Å². The maximum Gasteiger partial charge on any atom is 0.248 e. The molecule has 0 bridgehead atoms. The van der Waals surface area contributed by atoms with Gasteiger partial charge >= 0.3 is 0 Å². The van der Waals surface area contributed by atoms with Crippen LogP contribution in [0.25, 0.3) is 11.4 Å². The highest BCUT2D eigenvalue weighted by molar-refractivity contribution is 5.63. The average Bonchev–Trinajstić information content (AvgIpc) is 3.04. The molecule has 106 valence electrons. The van der Waals surface area contributed by atoms with E-state index in [4.69, 9.17) is 15.0 Å². The molecule has 3 aromatic rings. The quantitative estimate of drug-likeness (QED) is 0.796. The van der Waals surface area contributed by atoms with Crippen LogP contribution in [0.15, 0.2) is 59.1 Å². The summed E-state index contributed by atoms with van der Waals surface area (Å²) in [7, 11) is 1.61. The number of benzene rings is 2. The van der Waals surface area contributed by atoms with E-state index in [0.717, 1.165) is 11.1 Å². The van der Waals surface area contributed by atoms with Crippen LogP contribution in [0.5, 0.6) is 5.75 Å². The number of para-hydroxylation sites is 1. The van der Waals surface area contributed by atoms with Gasteiger partial charge < -0.3 is 15.0 Å². The molecule has 1 aromatic heterocycles. The van der Waals surface area contributed by atoms with Crippen LogP contribution in [0.2, 0.25) is 0 Å². The first-order valence-corrected chi connectivity index (χ1v) is 6.57. The van der Waals surface area contributed by atoms with Crippen molar-refractivity contribution in [2.45, 2.75) is 6.04 Å². The predicted octanol–water partition coefficient (Wildman–Crippen LogP) is 2.79. The van der Waals surface area contributed by atoms with Gasteiger partial charge in [-0.2, -0.15) is 4.98 Å². The standard InChI is InChI=1S/C16H15N3O2/c1-20-13-10-6-5-9-12(13)15-18-16(21-19-15)14(17)11-7-3-2-4-8-11/h2-10,14H,17H2,1H3/t14-/m1/s1. The van der Waals surface area contributed by atoms with Gasteiger partial charge in [-0.3, -0.25) is 0 Å². The van der Waals surface area contributed by atoms with Crippen molar-refractivity contribution in [3.63, 3.8) is 0 Å². The molecule has 1 heterocycles. The van der Waals surface area contributed by atoms with Crippen molar-refractivity contribution in [3.05, 3.63) is 66.1 Å². The summed E-state index contributed by atoms with van der Waals surface area (Å²) in [4.78, 5) is 4.38. The lowest BCUT2D eigenvalue weighted by atomic mass is 10.1. The van der Waals surface area contributed by atoms with Crippen LogP contribution in [-0.2, 0) is 0 Å². The molecule has 0 unspecified atom stereocenters. The molecule has 0 aliphatic rings. The normalized spacial score (nSPS) is 12.1. The lowest BCUT2D eigenvalue weighted by Crippen LogP contribution is -2.11. The highest BCUT2D eigenvalue weighted by atomic mass is 16.5. The molecule has 0 amide bonds. The topological polar surface area (TPSA) is 74.2 Å². The zero-order valence-corrected chi connectivity index (χ0v) is 11.6. The predicted molar refractivity (Wildman–Crippen MR) is 78.8 cm³/mol. The summed E-state index contributed by atoms with van der Waals surface area (Å²) >= 11 is 0. The van der Waals surface area contributed by atoms with Crippen molar-refractivity contribution < 1.29 is 9.26 Å². The summed E-state index contributed by atoms with van der Waals surface area (Å²) in [5.41, 5.74) is 7.85. The van der Waals surface area contributed by atoms with Crippen LogP contribution in [0.4, 0.5) is 0 Å². The Hall–Kier alpha value is -2.66. The molecule has 0 spiro atoms. The molecule has 21 heavy (non-hydrogen) atoms. The van der Waals surface area contributed by atoms with E-state index in [0.29, 0.717) is 17.5 Å². The van der Waals surface area contributed by atoms with E-state index in [2.05, 4.69) is 10.1 Å². The van der Waals surface area contributed by atoms with Crippen LogP contribution in [0, 0.1) is 0 Å². The van der Waals surface area contributed by atoms with Gasteiger partial charge in [-0.25, -0.2) is 0 Å². The minimum absolute atomic E-state index is 0.377. The van der Waals surface area contributed by atoms with Gasteiger partial charge in [-0.05, 0) is 17.7 Å². The Morgan fingerprint density at radius 2 is 1.76 bits per heavy atom. The Bertz CT molecular complexity index is 725. The maximum atomic E-state index is 6.15. The smallest absolute Gasteiger partial charge is 0.248 e. The van der Waals surface area contributed by atoms with E-state index in [-0.39, 0.29) is 0 Å². The zero-order valence-electron chi connectivity index (χ0n) is 11.6. The first-order valence-electron chi connectivity index (χ1n) is 6.57. The van der Waals surface area contributed by atoms with Crippen LogP contribution in [0.3, 0.4) is 0 Å².